The van der Waals surface area contributed by atoms with Gasteiger partial charge in [0.15, 0.2) is 0 Å². The van der Waals surface area contributed by atoms with Crippen molar-refractivity contribution in [3.05, 3.63) is 24.3 Å². The number of hydrogen-bond donors (Lipinski definition) is 1. The molecule has 1 aromatic rings. The molecule has 1 saturated carbocycles. The number of hydrogen-bond acceptors (Lipinski definition) is 4. The molecule has 5 heteroatoms. The van der Waals surface area contributed by atoms with Crippen molar-refractivity contribution in [2.24, 2.45) is 5.41 Å². The lowest BCUT2D eigenvalue weighted by Crippen LogP contribution is -2.36. The Bertz CT molecular complexity index is 535. The van der Waals surface area contributed by atoms with Crippen molar-refractivity contribution in [1.82, 2.24) is 0 Å². The third kappa shape index (κ3) is 4.48. The molecule has 0 unspecified atom stereocenters. The highest BCUT2D eigenvalue weighted by atomic mass is 16.5. The van der Waals surface area contributed by atoms with Gasteiger partial charge in [0, 0.05) is 24.1 Å². The van der Waals surface area contributed by atoms with E-state index in [1.807, 2.05) is 0 Å². The van der Waals surface area contributed by atoms with E-state index in [9.17, 15) is 14.7 Å². The number of anilines is 1. The smallest absolute Gasteiger partial charge is 0.224 e. The first-order valence-electron chi connectivity index (χ1n) is 7.67. The number of ether oxygens (including phenoxy) is 1. The standard InChI is InChI=1S/C17H23NO4/c1-22-14-7-5-6-13(10-14)18-15(19)11-17(12-16(20)21)8-3-2-4-9-17/h5-7,10H,2-4,8-9,11-12H2,1H3,(H,18,19)(H,20,21)/p-1. The van der Waals surface area contributed by atoms with Gasteiger partial charge in [0.2, 0.25) is 5.91 Å². The second kappa shape index (κ2) is 7.29. The summed E-state index contributed by atoms with van der Waals surface area (Å²) < 4.78 is 5.12. The topological polar surface area (TPSA) is 78.5 Å². The first-order chi connectivity index (χ1) is 10.5. The van der Waals surface area contributed by atoms with Gasteiger partial charge in [-0.25, -0.2) is 0 Å². The number of nitrogens with one attached hydrogen (secondary N) is 1. The average molecular weight is 304 g/mol. The molecule has 120 valence electrons. The predicted molar refractivity (Wildman–Crippen MR) is 81.4 cm³/mol. The fourth-order valence-electron chi connectivity index (χ4n) is 3.27. The Hall–Kier alpha value is -2.04. The van der Waals surface area contributed by atoms with Crippen LogP contribution >= 0.6 is 0 Å². The highest BCUT2D eigenvalue weighted by Crippen LogP contribution is 2.42. The molecule has 2 rings (SSSR count). The van der Waals surface area contributed by atoms with E-state index < -0.39 is 11.4 Å². The van der Waals surface area contributed by atoms with Crippen LogP contribution in [0.25, 0.3) is 0 Å². The Morgan fingerprint density at radius 1 is 1.23 bits per heavy atom. The van der Waals surface area contributed by atoms with Crippen LogP contribution in [0.2, 0.25) is 0 Å². The third-order valence-electron chi connectivity index (χ3n) is 4.32. The molecule has 0 aromatic heterocycles. The second-order valence-corrected chi connectivity index (χ2v) is 6.07. The van der Waals surface area contributed by atoms with Crippen LogP contribution in [-0.2, 0) is 9.59 Å². The lowest BCUT2D eigenvalue weighted by atomic mass is 9.69. The predicted octanol–water partition coefficient (Wildman–Crippen LogP) is 2.11. The summed E-state index contributed by atoms with van der Waals surface area (Å²) in [4.78, 5) is 23.3. The number of amides is 1. The van der Waals surface area contributed by atoms with Gasteiger partial charge in [-0.05, 0) is 36.8 Å². The fourth-order valence-corrected chi connectivity index (χ4v) is 3.27. The molecule has 22 heavy (non-hydrogen) atoms. The monoisotopic (exact) mass is 304 g/mol. The zero-order valence-corrected chi connectivity index (χ0v) is 12.9. The molecule has 1 N–H and O–H groups in total. The summed E-state index contributed by atoms with van der Waals surface area (Å²) in [5.41, 5.74) is 0.198. The van der Waals surface area contributed by atoms with Gasteiger partial charge in [0.25, 0.3) is 0 Å². The number of aliphatic carboxylic acids is 1. The lowest BCUT2D eigenvalue weighted by molar-refractivity contribution is -0.308. The van der Waals surface area contributed by atoms with Crippen molar-refractivity contribution in [1.29, 1.82) is 0 Å². The van der Waals surface area contributed by atoms with Crippen LogP contribution in [-0.4, -0.2) is 19.0 Å². The van der Waals surface area contributed by atoms with E-state index in [1.54, 1.807) is 31.4 Å². The first kappa shape index (κ1) is 16.3. The highest BCUT2D eigenvalue weighted by Gasteiger charge is 2.34. The molecule has 0 radical (unpaired) electrons. The van der Waals surface area contributed by atoms with Crippen molar-refractivity contribution < 1.29 is 19.4 Å². The molecule has 1 aliphatic carbocycles. The number of carboxylic acid groups (broad SMARTS) is 1. The van der Waals surface area contributed by atoms with Crippen molar-refractivity contribution in [2.75, 3.05) is 12.4 Å². The van der Waals surface area contributed by atoms with Crippen molar-refractivity contribution >= 4 is 17.6 Å². The number of carbonyl (C=O) groups excluding carboxylic acids is 2. The molecular formula is C17H22NO4-. The summed E-state index contributed by atoms with van der Waals surface area (Å²) in [6.07, 6.45) is 4.77. The number of benzene rings is 1. The van der Waals surface area contributed by atoms with Crippen LogP contribution in [0.3, 0.4) is 0 Å². The largest absolute Gasteiger partial charge is 0.550 e. The zero-order valence-electron chi connectivity index (χ0n) is 12.9. The minimum Gasteiger partial charge on any atom is -0.550 e. The molecular weight excluding hydrogens is 282 g/mol. The summed E-state index contributed by atoms with van der Waals surface area (Å²) in [6, 6.07) is 7.12. The Morgan fingerprint density at radius 3 is 2.59 bits per heavy atom. The quantitative estimate of drug-likeness (QED) is 0.873. The van der Waals surface area contributed by atoms with Gasteiger partial charge in [-0.15, -0.1) is 0 Å². The molecule has 0 heterocycles. The maximum absolute atomic E-state index is 12.3. The Labute approximate surface area is 130 Å². The average Bonchev–Trinajstić information content (AvgIpc) is 2.47. The van der Waals surface area contributed by atoms with E-state index in [2.05, 4.69) is 5.32 Å². The minimum atomic E-state index is -1.07. The van der Waals surface area contributed by atoms with Gasteiger partial charge < -0.3 is 20.0 Å². The summed E-state index contributed by atoms with van der Waals surface area (Å²) in [5, 5.41) is 13.9. The Morgan fingerprint density at radius 2 is 1.95 bits per heavy atom. The fraction of sp³-hybridized carbons (Fsp3) is 0.529. The number of carbonyl (C=O) groups is 2. The van der Waals surface area contributed by atoms with Crippen LogP contribution in [0, 0.1) is 5.41 Å². The molecule has 1 fully saturated rings. The molecule has 0 bridgehead atoms. The summed E-state index contributed by atoms with van der Waals surface area (Å²) in [7, 11) is 1.57. The molecule has 1 aliphatic rings. The van der Waals surface area contributed by atoms with Crippen molar-refractivity contribution in [3.63, 3.8) is 0 Å². The highest BCUT2D eigenvalue weighted by molar-refractivity contribution is 5.91. The van der Waals surface area contributed by atoms with E-state index in [-0.39, 0.29) is 18.7 Å². The van der Waals surface area contributed by atoms with Gasteiger partial charge in [0.1, 0.15) is 5.75 Å². The first-order valence-corrected chi connectivity index (χ1v) is 7.67. The maximum atomic E-state index is 12.3. The van der Waals surface area contributed by atoms with Gasteiger partial charge in [-0.2, -0.15) is 0 Å². The third-order valence-corrected chi connectivity index (χ3v) is 4.32. The van der Waals surface area contributed by atoms with Crippen LogP contribution in [0.5, 0.6) is 5.75 Å². The minimum absolute atomic E-state index is 0.0431. The maximum Gasteiger partial charge on any atom is 0.224 e. The van der Waals surface area contributed by atoms with E-state index in [0.29, 0.717) is 11.4 Å². The number of rotatable bonds is 6. The summed E-state index contributed by atoms with van der Waals surface area (Å²) >= 11 is 0. The van der Waals surface area contributed by atoms with Crippen LogP contribution in [0.1, 0.15) is 44.9 Å². The van der Waals surface area contributed by atoms with Crippen LogP contribution in [0.15, 0.2) is 24.3 Å². The molecule has 0 spiro atoms. The molecule has 0 saturated heterocycles. The van der Waals surface area contributed by atoms with E-state index >= 15 is 0 Å². The van der Waals surface area contributed by atoms with Crippen LogP contribution in [0.4, 0.5) is 5.69 Å². The van der Waals surface area contributed by atoms with E-state index in [0.717, 1.165) is 32.1 Å². The van der Waals surface area contributed by atoms with Gasteiger partial charge in [0.05, 0.1) is 7.11 Å². The summed E-state index contributed by atoms with van der Waals surface area (Å²) in [5.74, 6) is -0.563. The molecule has 0 aliphatic heterocycles. The van der Waals surface area contributed by atoms with Gasteiger partial charge >= 0.3 is 0 Å². The molecule has 0 atom stereocenters. The Kier molecular flexibility index (Phi) is 5.41. The zero-order chi connectivity index (χ0) is 16.0. The van der Waals surface area contributed by atoms with Gasteiger partial charge in [-0.1, -0.05) is 25.3 Å². The second-order valence-electron chi connectivity index (χ2n) is 6.07. The summed E-state index contributed by atoms with van der Waals surface area (Å²) in [6.45, 7) is 0. The molecule has 1 aromatic carbocycles. The Balaban J connectivity index is 2.02. The SMILES string of the molecule is COc1cccc(NC(=O)CC2(CC(=O)[O-])CCCCC2)c1. The molecule has 1 amide bonds. The van der Waals surface area contributed by atoms with E-state index in [1.165, 1.54) is 0 Å². The number of methoxy groups -OCH3 is 1. The van der Waals surface area contributed by atoms with Crippen molar-refractivity contribution in [2.45, 2.75) is 44.9 Å². The lowest BCUT2D eigenvalue weighted by Gasteiger charge is -2.37. The normalized spacial score (nSPS) is 16.8. The van der Waals surface area contributed by atoms with Crippen LogP contribution < -0.4 is 15.2 Å². The molecule has 5 nitrogen and oxygen atoms in total. The van der Waals surface area contributed by atoms with E-state index in [4.69, 9.17) is 4.74 Å². The van der Waals surface area contributed by atoms with Gasteiger partial charge in [-0.3, -0.25) is 4.79 Å². The number of carboxylic acids is 1. The van der Waals surface area contributed by atoms with Crippen molar-refractivity contribution in [3.8, 4) is 5.75 Å².